The third-order valence-electron chi connectivity index (χ3n) is 4.71. The standard InChI is InChI=1S/C17H28OSi2/c1-3-13-18-16-9-5-14(6-10-16)15-7-11-17(12-8-15)20(19)4-2/h3,7-8,11-12,14,16,20H,1,4-6,9-10,13H2,2,19H3. The molecule has 1 aliphatic rings. The molecule has 1 unspecified atom stereocenters. The first-order valence-electron chi connectivity index (χ1n) is 8.07. The molecule has 1 aromatic rings. The molecule has 110 valence electrons. The highest BCUT2D eigenvalue weighted by atomic mass is 29.1. The molecular weight excluding hydrogens is 276 g/mol. The fourth-order valence-electron chi connectivity index (χ4n) is 3.10. The first kappa shape index (κ1) is 15.7. The van der Waals surface area contributed by atoms with Gasteiger partial charge in [0.15, 0.2) is 0 Å². The number of rotatable bonds is 6. The van der Waals surface area contributed by atoms with E-state index in [1.807, 2.05) is 6.08 Å². The van der Waals surface area contributed by atoms with Gasteiger partial charge in [0.2, 0.25) is 0 Å². The minimum atomic E-state index is -0.517. The lowest BCUT2D eigenvalue weighted by atomic mass is 9.83. The Labute approximate surface area is 128 Å². The Bertz CT molecular complexity index is 408. The van der Waals surface area contributed by atoms with Crippen LogP contribution in [0.25, 0.3) is 0 Å². The van der Waals surface area contributed by atoms with Crippen molar-refractivity contribution in [3.8, 4) is 0 Å². The van der Waals surface area contributed by atoms with Gasteiger partial charge in [-0.2, -0.15) is 0 Å². The van der Waals surface area contributed by atoms with Gasteiger partial charge < -0.3 is 4.74 Å². The molecule has 0 aromatic heterocycles. The third kappa shape index (κ3) is 4.17. The highest BCUT2D eigenvalue weighted by Crippen LogP contribution is 2.33. The zero-order valence-electron chi connectivity index (χ0n) is 13.0. The summed E-state index contributed by atoms with van der Waals surface area (Å²) < 4.78 is 5.77. The molecule has 1 nitrogen and oxygen atoms in total. The van der Waals surface area contributed by atoms with Gasteiger partial charge >= 0.3 is 0 Å². The van der Waals surface area contributed by atoms with Crippen LogP contribution in [-0.4, -0.2) is 30.8 Å². The number of hydrogen-bond donors (Lipinski definition) is 0. The van der Waals surface area contributed by atoms with Gasteiger partial charge in [-0.05, 0) is 37.2 Å². The van der Waals surface area contributed by atoms with Crippen LogP contribution >= 0.6 is 0 Å². The number of benzene rings is 1. The summed E-state index contributed by atoms with van der Waals surface area (Å²) >= 11 is 0. The molecule has 0 radical (unpaired) electrons. The second-order valence-electron chi connectivity index (χ2n) is 6.07. The first-order chi connectivity index (χ1) is 9.74. The van der Waals surface area contributed by atoms with Crippen molar-refractivity contribution in [3.05, 3.63) is 42.5 Å². The van der Waals surface area contributed by atoms with Crippen LogP contribution in [0.15, 0.2) is 36.9 Å². The first-order valence-corrected chi connectivity index (χ1v) is 14.1. The van der Waals surface area contributed by atoms with E-state index in [2.05, 4.69) is 37.8 Å². The van der Waals surface area contributed by atoms with Gasteiger partial charge in [-0.25, -0.2) is 0 Å². The van der Waals surface area contributed by atoms with Crippen LogP contribution < -0.4 is 5.19 Å². The molecule has 0 N–H and O–H groups in total. The molecule has 1 saturated carbocycles. The molecule has 1 fully saturated rings. The lowest BCUT2D eigenvalue weighted by Crippen LogP contribution is -2.29. The maximum absolute atomic E-state index is 5.77. The largest absolute Gasteiger partial charge is 0.374 e. The van der Waals surface area contributed by atoms with Crippen LogP contribution in [0, 0.1) is 0 Å². The monoisotopic (exact) mass is 304 g/mol. The summed E-state index contributed by atoms with van der Waals surface area (Å²) in [7, 11) is 0.881. The summed E-state index contributed by atoms with van der Waals surface area (Å²) in [6.45, 7) is 6.77. The SMILES string of the molecule is C=CCOC1CCC(c2ccc([SiH]([SiH3])CC)cc2)CC1. The van der Waals surface area contributed by atoms with Crippen molar-refractivity contribution in [2.75, 3.05) is 6.61 Å². The average Bonchev–Trinajstić information content (AvgIpc) is 2.53. The summed E-state index contributed by atoms with van der Waals surface area (Å²) in [5.74, 6) is 0.753. The Balaban J connectivity index is 1.88. The van der Waals surface area contributed by atoms with E-state index < -0.39 is 8.31 Å². The molecule has 0 aliphatic heterocycles. The van der Waals surface area contributed by atoms with Gasteiger partial charge in [-0.15, -0.1) is 6.58 Å². The minimum Gasteiger partial charge on any atom is -0.374 e. The maximum Gasteiger partial charge on any atom is 0.0648 e. The van der Waals surface area contributed by atoms with Crippen LogP contribution in [-0.2, 0) is 4.74 Å². The molecule has 1 aliphatic carbocycles. The maximum atomic E-state index is 5.77. The molecule has 3 heteroatoms. The van der Waals surface area contributed by atoms with Gasteiger partial charge in [-0.3, -0.25) is 0 Å². The molecule has 0 amide bonds. The van der Waals surface area contributed by atoms with Gasteiger partial charge in [0.25, 0.3) is 0 Å². The average molecular weight is 305 g/mol. The molecule has 0 spiro atoms. The summed E-state index contributed by atoms with van der Waals surface area (Å²) in [4.78, 5) is 0. The smallest absolute Gasteiger partial charge is 0.0648 e. The van der Waals surface area contributed by atoms with Crippen LogP contribution in [0.5, 0.6) is 0 Å². The Hall–Kier alpha value is -0.646. The van der Waals surface area contributed by atoms with Gasteiger partial charge in [0.05, 0.1) is 21.0 Å². The van der Waals surface area contributed by atoms with Crippen molar-refractivity contribution in [3.63, 3.8) is 0 Å². The fourth-order valence-corrected chi connectivity index (χ4v) is 5.57. The van der Waals surface area contributed by atoms with Crippen LogP contribution in [0.2, 0.25) is 6.04 Å². The van der Waals surface area contributed by atoms with E-state index in [1.54, 1.807) is 10.8 Å². The van der Waals surface area contributed by atoms with Crippen molar-refractivity contribution in [1.29, 1.82) is 0 Å². The Morgan fingerprint density at radius 3 is 2.45 bits per heavy atom. The molecule has 2 rings (SSSR count). The summed E-state index contributed by atoms with van der Waals surface area (Å²) in [5.41, 5.74) is 1.55. The van der Waals surface area contributed by atoms with E-state index in [1.165, 1.54) is 41.5 Å². The van der Waals surface area contributed by atoms with Crippen molar-refractivity contribution in [2.24, 2.45) is 0 Å². The molecule has 1 atom stereocenters. The van der Waals surface area contributed by atoms with Crippen LogP contribution in [0.3, 0.4) is 0 Å². The van der Waals surface area contributed by atoms with E-state index in [0.29, 0.717) is 12.7 Å². The lowest BCUT2D eigenvalue weighted by molar-refractivity contribution is 0.0424. The highest BCUT2D eigenvalue weighted by Gasteiger charge is 2.22. The van der Waals surface area contributed by atoms with Crippen molar-refractivity contribution in [2.45, 2.75) is 50.7 Å². The van der Waals surface area contributed by atoms with Gasteiger partial charge in [-0.1, -0.05) is 48.5 Å². The topological polar surface area (TPSA) is 9.23 Å². The molecule has 0 saturated heterocycles. The zero-order chi connectivity index (χ0) is 14.4. The molecule has 0 heterocycles. The minimum absolute atomic E-state index is 0.460. The summed E-state index contributed by atoms with van der Waals surface area (Å²) in [6.07, 6.45) is 7.27. The lowest BCUT2D eigenvalue weighted by Gasteiger charge is -2.28. The second kappa shape index (κ2) is 7.96. The van der Waals surface area contributed by atoms with Crippen molar-refractivity contribution < 1.29 is 4.74 Å². The Morgan fingerprint density at radius 2 is 1.90 bits per heavy atom. The van der Waals surface area contributed by atoms with Gasteiger partial charge in [0.1, 0.15) is 0 Å². The number of ether oxygens (including phenoxy) is 1. The second-order valence-corrected chi connectivity index (χ2v) is 13.5. The third-order valence-corrected chi connectivity index (χ3v) is 11.9. The predicted molar refractivity (Wildman–Crippen MR) is 94.8 cm³/mol. The quantitative estimate of drug-likeness (QED) is 0.578. The molecular formula is C17H28OSi2. The molecule has 1 aromatic carbocycles. The highest BCUT2D eigenvalue weighted by molar-refractivity contribution is 7.11. The van der Waals surface area contributed by atoms with Gasteiger partial charge in [0, 0.05) is 9.76 Å². The predicted octanol–water partition coefficient (Wildman–Crippen LogP) is 2.23. The van der Waals surface area contributed by atoms with E-state index in [9.17, 15) is 0 Å². The Kier molecular flexibility index (Phi) is 6.26. The fraction of sp³-hybridized carbons (Fsp3) is 0.529. The van der Waals surface area contributed by atoms with Crippen molar-refractivity contribution >= 4 is 23.3 Å². The Morgan fingerprint density at radius 1 is 1.25 bits per heavy atom. The van der Waals surface area contributed by atoms with E-state index >= 15 is 0 Å². The zero-order valence-corrected chi connectivity index (χ0v) is 16.1. The van der Waals surface area contributed by atoms with E-state index in [4.69, 9.17) is 4.74 Å². The van der Waals surface area contributed by atoms with Crippen LogP contribution in [0.4, 0.5) is 0 Å². The van der Waals surface area contributed by atoms with E-state index in [-0.39, 0.29) is 0 Å². The van der Waals surface area contributed by atoms with Crippen molar-refractivity contribution in [1.82, 2.24) is 0 Å². The van der Waals surface area contributed by atoms with E-state index in [0.717, 1.165) is 5.92 Å². The molecule has 0 bridgehead atoms. The van der Waals surface area contributed by atoms with Crippen LogP contribution in [0.1, 0.15) is 44.1 Å². The number of hydrogen-bond acceptors (Lipinski definition) is 1. The summed E-state index contributed by atoms with van der Waals surface area (Å²) in [6, 6.07) is 11.1. The molecule has 20 heavy (non-hydrogen) atoms. The summed E-state index contributed by atoms with van der Waals surface area (Å²) in [5, 5.41) is 1.67. The normalized spacial score (nSPS) is 24.4.